The maximum atomic E-state index is 10.2. The van der Waals surface area contributed by atoms with E-state index in [0.717, 1.165) is 0 Å². The first-order chi connectivity index (χ1) is 5.25. The quantitative estimate of drug-likeness (QED) is 0.357. The van der Waals surface area contributed by atoms with Crippen LogP contribution in [-0.4, -0.2) is 16.2 Å². The Kier molecular flexibility index (Phi) is 1.91. The van der Waals surface area contributed by atoms with E-state index in [1.807, 2.05) is 0 Å². The van der Waals surface area contributed by atoms with Crippen LogP contribution in [0.25, 0.3) is 0 Å². The Bertz CT molecular complexity index is 298. The Morgan fingerprint density at radius 2 is 2.36 bits per heavy atom. The lowest BCUT2D eigenvalue weighted by Crippen LogP contribution is -1.96. The minimum absolute atomic E-state index is 0.00231. The number of aldehydes is 1. The van der Waals surface area contributed by atoms with Gasteiger partial charge < -0.3 is 10.1 Å². The summed E-state index contributed by atoms with van der Waals surface area (Å²) in [6, 6.07) is 2.81. The van der Waals surface area contributed by atoms with Gasteiger partial charge in [-0.2, -0.15) is 0 Å². The van der Waals surface area contributed by atoms with E-state index in [0.29, 0.717) is 6.29 Å². The third kappa shape index (κ3) is 1.37. The Morgan fingerprint density at radius 3 is 2.82 bits per heavy atom. The van der Waals surface area contributed by atoms with E-state index in [1.54, 1.807) is 0 Å². The van der Waals surface area contributed by atoms with Gasteiger partial charge in [0, 0.05) is 0 Å². The second kappa shape index (κ2) is 2.87. The van der Waals surface area contributed by atoms with Crippen molar-refractivity contribution in [3.05, 3.63) is 34.0 Å². The Hall–Kier alpha value is -1.78. The van der Waals surface area contributed by atoms with Gasteiger partial charge in [0.1, 0.15) is 11.8 Å². The summed E-state index contributed by atoms with van der Waals surface area (Å²) in [6.07, 6.45) is 1.68. The SMILES string of the molecule is O=Cc1cccnc1[N+](=O)[O-]. The molecular formula is C6H4N2O3. The van der Waals surface area contributed by atoms with Gasteiger partial charge in [0.25, 0.3) is 0 Å². The lowest BCUT2D eigenvalue weighted by molar-refractivity contribution is -0.389. The summed E-state index contributed by atoms with van der Waals surface area (Å²) >= 11 is 0. The number of hydrogen-bond donors (Lipinski definition) is 0. The first-order valence-corrected chi connectivity index (χ1v) is 2.80. The van der Waals surface area contributed by atoms with E-state index < -0.39 is 10.7 Å². The monoisotopic (exact) mass is 152 g/mol. The normalized spacial score (nSPS) is 9.09. The molecule has 0 aliphatic rings. The highest BCUT2D eigenvalue weighted by Crippen LogP contribution is 2.10. The van der Waals surface area contributed by atoms with Crippen molar-refractivity contribution in [3.8, 4) is 0 Å². The van der Waals surface area contributed by atoms with Crippen LogP contribution in [0, 0.1) is 10.1 Å². The molecule has 0 spiro atoms. The molecule has 56 valence electrons. The molecule has 0 N–H and O–H groups in total. The molecule has 1 aromatic rings. The van der Waals surface area contributed by atoms with Crippen molar-refractivity contribution in [2.24, 2.45) is 0 Å². The maximum Gasteiger partial charge on any atom is 0.374 e. The zero-order valence-corrected chi connectivity index (χ0v) is 5.43. The van der Waals surface area contributed by atoms with Gasteiger partial charge in [-0.15, -0.1) is 0 Å². The molecule has 1 aromatic heterocycles. The van der Waals surface area contributed by atoms with Crippen LogP contribution in [0.4, 0.5) is 5.82 Å². The number of pyridine rings is 1. The third-order valence-electron chi connectivity index (χ3n) is 1.12. The zero-order valence-electron chi connectivity index (χ0n) is 5.43. The molecule has 1 rings (SSSR count). The first-order valence-electron chi connectivity index (χ1n) is 2.80. The van der Waals surface area contributed by atoms with Crippen molar-refractivity contribution < 1.29 is 9.72 Å². The van der Waals surface area contributed by atoms with Gasteiger partial charge in [-0.25, -0.2) is 0 Å². The fourth-order valence-corrected chi connectivity index (χ4v) is 0.654. The van der Waals surface area contributed by atoms with Crippen LogP contribution in [0.15, 0.2) is 18.3 Å². The molecule has 1 heterocycles. The van der Waals surface area contributed by atoms with E-state index >= 15 is 0 Å². The molecule has 0 unspecified atom stereocenters. The predicted octanol–water partition coefficient (Wildman–Crippen LogP) is 0.802. The molecule has 0 fully saturated rings. The van der Waals surface area contributed by atoms with Crippen molar-refractivity contribution in [2.75, 3.05) is 0 Å². The molecule has 11 heavy (non-hydrogen) atoms. The lowest BCUT2D eigenvalue weighted by atomic mass is 10.3. The molecule has 0 aromatic carbocycles. The lowest BCUT2D eigenvalue weighted by Gasteiger charge is -1.91. The highest BCUT2D eigenvalue weighted by Gasteiger charge is 2.11. The van der Waals surface area contributed by atoms with Crippen molar-refractivity contribution in [3.63, 3.8) is 0 Å². The molecule has 0 saturated carbocycles. The van der Waals surface area contributed by atoms with Gasteiger partial charge >= 0.3 is 5.82 Å². The molecule has 0 aliphatic carbocycles. The fourth-order valence-electron chi connectivity index (χ4n) is 0.654. The van der Waals surface area contributed by atoms with Gasteiger partial charge in [-0.3, -0.25) is 4.79 Å². The van der Waals surface area contributed by atoms with Crippen molar-refractivity contribution in [1.29, 1.82) is 0 Å². The Morgan fingerprint density at radius 1 is 1.64 bits per heavy atom. The molecule has 0 saturated heterocycles. The van der Waals surface area contributed by atoms with E-state index in [4.69, 9.17) is 0 Å². The van der Waals surface area contributed by atoms with Gasteiger partial charge in [0.05, 0.1) is 0 Å². The Balaban J connectivity index is 3.22. The minimum Gasteiger partial charge on any atom is -0.358 e. The fraction of sp³-hybridized carbons (Fsp3) is 0. The topological polar surface area (TPSA) is 73.1 Å². The zero-order chi connectivity index (χ0) is 8.27. The summed E-state index contributed by atoms with van der Waals surface area (Å²) < 4.78 is 0. The molecule has 0 aliphatic heterocycles. The summed E-state index contributed by atoms with van der Waals surface area (Å²) in [4.78, 5) is 23.1. The summed E-state index contributed by atoms with van der Waals surface area (Å²) in [6.45, 7) is 0. The summed E-state index contributed by atoms with van der Waals surface area (Å²) in [5.74, 6) is -0.400. The van der Waals surface area contributed by atoms with Crippen LogP contribution >= 0.6 is 0 Å². The van der Waals surface area contributed by atoms with Crippen LogP contribution in [-0.2, 0) is 0 Å². The first kappa shape index (κ1) is 7.33. The van der Waals surface area contributed by atoms with Crippen LogP contribution in [0.5, 0.6) is 0 Å². The van der Waals surface area contributed by atoms with Crippen LogP contribution < -0.4 is 0 Å². The van der Waals surface area contributed by atoms with Crippen molar-refractivity contribution in [1.82, 2.24) is 4.98 Å². The molecule has 5 nitrogen and oxygen atoms in total. The third-order valence-corrected chi connectivity index (χ3v) is 1.12. The second-order valence-corrected chi connectivity index (χ2v) is 1.79. The summed E-state index contributed by atoms with van der Waals surface area (Å²) in [7, 11) is 0. The summed E-state index contributed by atoms with van der Waals surface area (Å²) in [5.41, 5.74) is -0.00231. The predicted molar refractivity (Wildman–Crippen MR) is 36.3 cm³/mol. The van der Waals surface area contributed by atoms with E-state index in [9.17, 15) is 14.9 Å². The highest BCUT2D eigenvalue weighted by molar-refractivity contribution is 5.79. The van der Waals surface area contributed by atoms with Crippen molar-refractivity contribution >= 4 is 12.1 Å². The van der Waals surface area contributed by atoms with Crippen molar-refractivity contribution in [2.45, 2.75) is 0 Å². The molecule has 0 radical (unpaired) electrons. The molecule has 5 heteroatoms. The number of aromatic nitrogens is 1. The number of rotatable bonds is 2. The number of hydrogen-bond acceptors (Lipinski definition) is 4. The standard InChI is InChI=1S/C6H4N2O3/c9-4-5-2-1-3-7-6(5)8(10)11/h1-4H. The van der Waals surface area contributed by atoms with Crippen LogP contribution in [0.1, 0.15) is 10.4 Å². The smallest absolute Gasteiger partial charge is 0.358 e. The van der Waals surface area contributed by atoms with Crippen LogP contribution in [0.3, 0.4) is 0 Å². The average Bonchev–Trinajstić information content (AvgIpc) is 2.04. The number of nitro groups is 1. The molecular weight excluding hydrogens is 148 g/mol. The van der Waals surface area contributed by atoms with Gasteiger partial charge in [-0.05, 0) is 22.0 Å². The average molecular weight is 152 g/mol. The number of nitrogens with zero attached hydrogens (tertiary/aromatic N) is 2. The second-order valence-electron chi connectivity index (χ2n) is 1.79. The van der Waals surface area contributed by atoms with Gasteiger partial charge in [0.2, 0.25) is 0 Å². The molecule has 0 amide bonds. The van der Waals surface area contributed by atoms with Gasteiger partial charge in [-0.1, -0.05) is 0 Å². The van der Waals surface area contributed by atoms with E-state index in [-0.39, 0.29) is 5.56 Å². The van der Waals surface area contributed by atoms with Gasteiger partial charge in [0.15, 0.2) is 6.29 Å². The number of carbonyl (C=O) groups excluding carboxylic acids is 1. The van der Waals surface area contributed by atoms with E-state index in [1.165, 1.54) is 18.3 Å². The van der Waals surface area contributed by atoms with Crippen LogP contribution in [0.2, 0.25) is 0 Å². The Labute approximate surface area is 61.8 Å². The molecule has 0 atom stereocenters. The minimum atomic E-state index is -0.691. The largest absolute Gasteiger partial charge is 0.374 e. The highest BCUT2D eigenvalue weighted by atomic mass is 16.6. The molecule has 0 bridgehead atoms. The summed E-state index contributed by atoms with van der Waals surface area (Å²) in [5, 5.41) is 10.2. The maximum absolute atomic E-state index is 10.2. The van der Waals surface area contributed by atoms with E-state index in [2.05, 4.69) is 4.98 Å². The number of carbonyl (C=O) groups is 1.